The van der Waals surface area contributed by atoms with Gasteiger partial charge in [-0.15, -0.1) is 0 Å². The highest BCUT2D eigenvalue weighted by atomic mass is 16.4. The molecule has 2 rings (SSSR count). The minimum Gasteiger partial charge on any atom is -0.481 e. The van der Waals surface area contributed by atoms with Crippen LogP contribution < -0.4 is 0 Å². The fourth-order valence-electron chi connectivity index (χ4n) is 2.31. The van der Waals surface area contributed by atoms with Gasteiger partial charge in [-0.3, -0.25) is 4.79 Å². The van der Waals surface area contributed by atoms with Crippen LogP contribution in [0.4, 0.5) is 0 Å². The summed E-state index contributed by atoms with van der Waals surface area (Å²) in [5.41, 5.74) is -0.974. The Morgan fingerprint density at radius 1 is 1.15 bits per heavy atom. The Labute approximate surface area is 74.6 Å². The van der Waals surface area contributed by atoms with Crippen molar-refractivity contribution in [2.24, 2.45) is 11.3 Å². The summed E-state index contributed by atoms with van der Waals surface area (Å²) in [5.74, 6) is -1.37. The zero-order valence-electron chi connectivity index (χ0n) is 6.92. The van der Waals surface area contributed by atoms with Gasteiger partial charge in [0, 0.05) is 5.92 Å². The van der Waals surface area contributed by atoms with Crippen LogP contribution in [0, 0.1) is 11.3 Å². The van der Waals surface area contributed by atoms with Crippen LogP contribution in [0.25, 0.3) is 0 Å². The summed E-state index contributed by atoms with van der Waals surface area (Å²) in [7, 11) is 0. The van der Waals surface area contributed by atoms with Crippen molar-refractivity contribution in [3.8, 4) is 0 Å². The van der Waals surface area contributed by atoms with Gasteiger partial charge >= 0.3 is 5.97 Å². The van der Waals surface area contributed by atoms with Gasteiger partial charge in [0.05, 0.1) is 17.6 Å². The van der Waals surface area contributed by atoms with E-state index in [0.29, 0.717) is 6.42 Å². The SMILES string of the molecule is O=C(O)[C@@]12C[C@@H](O)[C@H](O)[C@H](O)[C@@H]1C2. The molecule has 0 heterocycles. The van der Waals surface area contributed by atoms with E-state index in [2.05, 4.69) is 0 Å². The summed E-state index contributed by atoms with van der Waals surface area (Å²) in [6.07, 6.45) is -3.01. The van der Waals surface area contributed by atoms with Crippen molar-refractivity contribution in [2.45, 2.75) is 31.2 Å². The van der Waals surface area contributed by atoms with Gasteiger partial charge in [-0.05, 0) is 12.8 Å². The number of carbonyl (C=O) groups is 1. The third kappa shape index (κ3) is 1.01. The summed E-state index contributed by atoms with van der Waals surface area (Å²) in [5, 5.41) is 36.8. The smallest absolute Gasteiger partial charge is 0.310 e. The first-order valence-electron chi connectivity index (χ1n) is 4.26. The maximum atomic E-state index is 10.8. The van der Waals surface area contributed by atoms with E-state index >= 15 is 0 Å². The molecule has 0 saturated heterocycles. The number of carboxylic acids is 1. The molecule has 0 bridgehead atoms. The van der Waals surface area contributed by atoms with Crippen molar-refractivity contribution in [1.82, 2.24) is 0 Å². The number of carboxylic acid groups (broad SMARTS) is 1. The molecule has 2 aliphatic carbocycles. The maximum absolute atomic E-state index is 10.8. The van der Waals surface area contributed by atoms with E-state index in [1.807, 2.05) is 0 Å². The molecule has 0 aromatic rings. The molecule has 2 aliphatic rings. The van der Waals surface area contributed by atoms with E-state index in [0.717, 1.165) is 0 Å². The molecule has 0 aliphatic heterocycles. The molecule has 74 valence electrons. The summed E-state index contributed by atoms with van der Waals surface area (Å²) in [6, 6.07) is 0. The quantitative estimate of drug-likeness (QED) is 0.404. The van der Waals surface area contributed by atoms with Crippen LogP contribution in [0.15, 0.2) is 0 Å². The molecule has 0 unspecified atom stereocenters. The first-order valence-corrected chi connectivity index (χ1v) is 4.26. The summed E-state index contributed by atoms with van der Waals surface area (Å²) >= 11 is 0. The van der Waals surface area contributed by atoms with Crippen molar-refractivity contribution >= 4 is 5.97 Å². The van der Waals surface area contributed by atoms with Crippen LogP contribution in [0.2, 0.25) is 0 Å². The van der Waals surface area contributed by atoms with Crippen LogP contribution in [0.5, 0.6) is 0 Å². The van der Waals surface area contributed by atoms with E-state index in [1.54, 1.807) is 0 Å². The van der Waals surface area contributed by atoms with Gasteiger partial charge in [-0.2, -0.15) is 0 Å². The average molecular weight is 188 g/mol. The highest BCUT2D eigenvalue weighted by Crippen LogP contribution is 2.61. The summed E-state index contributed by atoms with van der Waals surface area (Å²) in [4.78, 5) is 10.8. The van der Waals surface area contributed by atoms with E-state index in [9.17, 15) is 20.1 Å². The molecule has 2 saturated carbocycles. The Kier molecular flexibility index (Phi) is 1.67. The second-order valence-electron chi connectivity index (χ2n) is 4.02. The lowest BCUT2D eigenvalue weighted by Crippen LogP contribution is -2.47. The number of aliphatic hydroxyl groups excluding tert-OH is 3. The molecule has 4 N–H and O–H groups in total. The molecule has 0 aromatic heterocycles. The standard InChI is InChI=1S/C8H12O5/c9-4-2-8(7(12)13)1-3(8)5(10)6(4)11/h3-6,9-11H,1-2H2,(H,12,13)/t3-,4+,5+,6-,8-/m0/s1. The number of aliphatic hydroxyl groups is 3. The zero-order valence-corrected chi connectivity index (χ0v) is 6.92. The molecular formula is C8H12O5. The monoisotopic (exact) mass is 188 g/mol. The first-order chi connectivity index (χ1) is 5.99. The Hall–Kier alpha value is -0.650. The van der Waals surface area contributed by atoms with Gasteiger partial charge in [-0.1, -0.05) is 0 Å². The minimum absolute atomic E-state index is 0.0469. The summed E-state index contributed by atoms with van der Waals surface area (Å²) in [6.45, 7) is 0. The maximum Gasteiger partial charge on any atom is 0.310 e. The molecule has 5 nitrogen and oxygen atoms in total. The Balaban J connectivity index is 2.20. The number of aliphatic carboxylic acids is 1. The molecule has 0 amide bonds. The number of fused-ring (bicyclic) bond motifs is 1. The Morgan fingerprint density at radius 2 is 1.77 bits per heavy atom. The van der Waals surface area contributed by atoms with Gasteiger partial charge in [0.2, 0.25) is 0 Å². The van der Waals surface area contributed by atoms with Crippen molar-refractivity contribution in [3.05, 3.63) is 0 Å². The van der Waals surface area contributed by atoms with E-state index in [-0.39, 0.29) is 12.3 Å². The largest absolute Gasteiger partial charge is 0.481 e. The average Bonchev–Trinajstić information content (AvgIpc) is 2.76. The predicted octanol–water partition coefficient (Wildman–Crippen LogP) is -1.44. The number of hydrogen-bond acceptors (Lipinski definition) is 4. The van der Waals surface area contributed by atoms with Crippen LogP contribution in [0.1, 0.15) is 12.8 Å². The molecule has 0 radical (unpaired) electrons. The van der Waals surface area contributed by atoms with Crippen LogP contribution >= 0.6 is 0 Å². The fourth-order valence-corrected chi connectivity index (χ4v) is 2.31. The third-order valence-electron chi connectivity index (χ3n) is 3.29. The zero-order chi connectivity index (χ0) is 9.80. The first kappa shape index (κ1) is 8.93. The molecule has 2 fully saturated rings. The number of rotatable bonds is 1. The predicted molar refractivity (Wildman–Crippen MR) is 40.8 cm³/mol. The minimum atomic E-state index is -1.19. The Morgan fingerprint density at radius 3 is 2.31 bits per heavy atom. The lowest BCUT2D eigenvalue weighted by atomic mass is 9.83. The fraction of sp³-hybridized carbons (Fsp3) is 0.875. The topological polar surface area (TPSA) is 98.0 Å². The lowest BCUT2D eigenvalue weighted by molar-refractivity contribution is -0.155. The van der Waals surface area contributed by atoms with Crippen molar-refractivity contribution in [1.29, 1.82) is 0 Å². The van der Waals surface area contributed by atoms with E-state index in [4.69, 9.17) is 5.11 Å². The van der Waals surface area contributed by atoms with Gasteiger partial charge in [0.1, 0.15) is 6.10 Å². The highest BCUT2D eigenvalue weighted by Gasteiger charge is 2.68. The van der Waals surface area contributed by atoms with Crippen LogP contribution in [0.3, 0.4) is 0 Å². The Bertz CT molecular complexity index is 253. The second kappa shape index (κ2) is 2.43. The van der Waals surface area contributed by atoms with E-state index < -0.39 is 29.7 Å². The lowest BCUT2D eigenvalue weighted by Gasteiger charge is -2.31. The van der Waals surface area contributed by atoms with Crippen molar-refractivity contribution in [3.63, 3.8) is 0 Å². The highest BCUT2D eigenvalue weighted by molar-refractivity contribution is 5.79. The second-order valence-corrected chi connectivity index (χ2v) is 4.02. The summed E-state index contributed by atoms with van der Waals surface area (Å²) < 4.78 is 0. The molecular weight excluding hydrogens is 176 g/mol. The van der Waals surface area contributed by atoms with Gasteiger partial charge in [-0.25, -0.2) is 0 Å². The molecule has 0 aromatic carbocycles. The van der Waals surface area contributed by atoms with Gasteiger partial charge in [0.15, 0.2) is 0 Å². The molecule has 5 atom stereocenters. The number of hydrogen-bond donors (Lipinski definition) is 4. The molecule has 13 heavy (non-hydrogen) atoms. The molecule has 5 heteroatoms. The molecule has 0 spiro atoms. The third-order valence-corrected chi connectivity index (χ3v) is 3.29. The van der Waals surface area contributed by atoms with Crippen molar-refractivity contribution in [2.75, 3.05) is 0 Å². The normalized spacial score (nSPS) is 54.1. The van der Waals surface area contributed by atoms with Gasteiger partial charge < -0.3 is 20.4 Å². The van der Waals surface area contributed by atoms with Gasteiger partial charge in [0.25, 0.3) is 0 Å². The van der Waals surface area contributed by atoms with Crippen LogP contribution in [-0.4, -0.2) is 44.7 Å². The van der Waals surface area contributed by atoms with Crippen LogP contribution in [-0.2, 0) is 4.79 Å². The van der Waals surface area contributed by atoms with E-state index in [1.165, 1.54) is 0 Å². The van der Waals surface area contributed by atoms with Crippen molar-refractivity contribution < 1.29 is 25.2 Å².